The number of aliphatic imine (C=N–C) groups is 1. The molecule has 0 bridgehead atoms. The van der Waals surface area contributed by atoms with Crippen LogP contribution in [0.2, 0.25) is 0 Å². The van der Waals surface area contributed by atoms with E-state index in [2.05, 4.69) is 28.4 Å². The Morgan fingerprint density at radius 2 is 1.86 bits per heavy atom. The average Bonchev–Trinajstić information content (AvgIpc) is 3.68. The van der Waals surface area contributed by atoms with E-state index in [1.54, 1.807) is 18.9 Å². The Labute approximate surface area is 219 Å². The van der Waals surface area contributed by atoms with Crippen molar-refractivity contribution in [2.24, 2.45) is 16.3 Å². The fraction of sp³-hybridized carbons (Fsp3) is 0.200. The number of hydrogen-bond acceptors (Lipinski definition) is 5. The zero-order valence-electron chi connectivity index (χ0n) is 20.4. The highest BCUT2D eigenvalue weighted by molar-refractivity contribution is 8.02. The van der Waals surface area contributed by atoms with E-state index in [9.17, 15) is 4.79 Å². The standard InChI is InChI=1S/C30H29N3O2S.2H2/c1-3-17-30(29(34)33-31-19-21-9-5-4-6-10-21)18-25(30)26-20-36-27-12-8-7-11-24(27)28(32-26)22-13-15-23(35-2)16-14-22;;/h3-17,20,25,31H,18-19H2,1-2H3,(H,33,34);2*1H/b17-3-;;. The summed E-state index contributed by atoms with van der Waals surface area (Å²) in [7, 11) is 1.67. The summed E-state index contributed by atoms with van der Waals surface area (Å²) in [6, 6.07) is 26.3. The van der Waals surface area contributed by atoms with Crippen LogP contribution in [0.15, 0.2) is 112 Å². The molecule has 2 N–H and O–H groups in total. The van der Waals surface area contributed by atoms with Crippen LogP contribution >= 0.6 is 11.8 Å². The number of nitrogens with zero attached hydrogens (tertiary/aromatic N) is 1. The van der Waals surface area contributed by atoms with E-state index >= 15 is 0 Å². The molecule has 2 unspecified atom stereocenters. The number of amides is 1. The van der Waals surface area contributed by atoms with Gasteiger partial charge in [-0.3, -0.25) is 15.2 Å². The van der Waals surface area contributed by atoms with Crippen molar-refractivity contribution < 1.29 is 12.4 Å². The Morgan fingerprint density at radius 3 is 2.61 bits per heavy atom. The molecule has 0 saturated heterocycles. The van der Waals surface area contributed by atoms with Crippen LogP contribution in [0.1, 0.15) is 32.9 Å². The first-order valence-electron chi connectivity index (χ1n) is 12.0. The molecule has 5 nitrogen and oxygen atoms in total. The molecule has 186 valence electrons. The Kier molecular flexibility index (Phi) is 7.07. The number of ether oxygens (including phenoxy) is 1. The van der Waals surface area contributed by atoms with Crippen LogP contribution in [0.25, 0.3) is 0 Å². The van der Waals surface area contributed by atoms with E-state index in [-0.39, 0.29) is 14.7 Å². The van der Waals surface area contributed by atoms with E-state index in [1.807, 2.05) is 85.8 Å². The molecule has 5 rings (SSSR count). The highest BCUT2D eigenvalue weighted by atomic mass is 32.2. The number of hydrazine groups is 1. The second kappa shape index (κ2) is 10.6. The molecule has 0 aromatic heterocycles. The normalized spacial score (nSPS) is 20.7. The Hall–Kier alpha value is -3.61. The van der Waals surface area contributed by atoms with Crippen LogP contribution in [0.5, 0.6) is 5.75 Å². The van der Waals surface area contributed by atoms with Crippen LogP contribution < -0.4 is 15.6 Å². The third-order valence-corrected chi connectivity index (χ3v) is 7.61. The molecular formula is C30H33N3O2S. The predicted octanol–water partition coefficient (Wildman–Crippen LogP) is 6.38. The van der Waals surface area contributed by atoms with Crippen molar-refractivity contribution in [3.8, 4) is 5.75 Å². The largest absolute Gasteiger partial charge is 0.497 e. The molecule has 1 aliphatic heterocycles. The van der Waals surface area contributed by atoms with Gasteiger partial charge in [0, 0.05) is 31.3 Å². The highest BCUT2D eigenvalue weighted by Gasteiger charge is 2.60. The summed E-state index contributed by atoms with van der Waals surface area (Å²) in [5.74, 6) is 0.776. The van der Waals surface area contributed by atoms with Crippen LogP contribution in [-0.2, 0) is 11.3 Å². The number of rotatable bonds is 8. The number of thioether (sulfide) groups is 1. The van der Waals surface area contributed by atoms with Gasteiger partial charge >= 0.3 is 0 Å². The maximum Gasteiger partial charge on any atom is 0.244 e. The van der Waals surface area contributed by atoms with Crippen molar-refractivity contribution >= 4 is 23.4 Å². The topological polar surface area (TPSA) is 62.7 Å². The maximum atomic E-state index is 13.4. The van der Waals surface area contributed by atoms with Gasteiger partial charge in [0.15, 0.2) is 0 Å². The van der Waals surface area contributed by atoms with Gasteiger partial charge in [-0.2, -0.15) is 0 Å². The lowest BCUT2D eigenvalue weighted by atomic mass is 9.99. The van der Waals surface area contributed by atoms with Crippen LogP contribution in [0.4, 0.5) is 0 Å². The van der Waals surface area contributed by atoms with Crippen molar-refractivity contribution in [1.82, 2.24) is 10.9 Å². The average molecular weight is 500 g/mol. The van der Waals surface area contributed by atoms with E-state index in [0.717, 1.165) is 45.2 Å². The van der Waals surface area contributed by atoms with Gasteiger partial charge in [0.25, 0.3) is 0 Å². The number of allylic oxidation sites excluding steroid dienone is 2. The molecule has 0 radical (unpaired) electrons. The van der Waals surface area contributed by atoms with Crippen molar-refractivity contribution in [3.63, 3.8) is 0 Å². The number of methoxy groups -OCH3 is 1. The molecule has 1 fully saturated rings. The Bertz CT molecular complexity index is 1340. The van der Waals surface area contributed by atoms with Gasteiger partial charge in [0.05, 0.1) is 23.9 Å². The molecule has 1 aliphatic carbocycles. The predicted molar refractivity (Wildman–Crippen MR) is 150 cm³/mol. The summed E-state index contributed by atoms with van der Waals surface area (Å²) in [6.07, 6.45) is 4.70. The van der Waals surface area contributed by atoms with Crippen molar-refractivity contribution in [3.05, 3.63) is 119 Å². The third-order valence-electron chi connectivity index (χ3n) is 6.64. The summed E-state index contributed by atoms with van der Waals surface area (Å²) in [6.45, 7) is 2.52. The van der Waals surface area contributed by atoms with Gasteiger partial charge < -0.3 is 4.74 Å². The molecule has 6 heteroatoms. The highest BCUT2D eigenvalue weighted by Crippen LogP contribution is 2.59. The smallest absolute Gasteiger partial charge is 0.244 e. The van der Waals surface area contributed by atoms with E-state index in [1.165, 1.54) is 0 Å². The minimum Gasteiger partial charge on any atom is -0.497 e. The van der Waals surface area contributed by atoms with E-state index in [4.69, 9.17) is 9.73 Å². The number of nitrogens with one attached hydrogen (secondary N) is 2. The van der Waals surface area contributed by atoms with Gasteiger partial charge in [-0.25, -0.2) is 5.43 Å². The fourth-order valence-electron chi connectivity index (χ4n) is 4.63. The molecule has 1 saturated carbocycles. The monoisotopic (exact) mass is 499 g/mol. The van der Waals surface area contributed by atoms with Crippen LogP contribution in [0, 0.1) is 11.3 Å². The minimum absolute atomic E-state index is 0. The first-order chi connectivity index (χ1) is 17.6. The molecule has 1 heterocycles. The molecule has 3 aromatic carbocycles. The third kappa shape index (κ3) is 4.87. The van der Waals surface area contributed by atoms with Gasteiger partial charge in [-0.1, -0.05) is 72.4 Å². The second-order valence-corrected chi connectivity index (χ2v) is 9.85. The Balaban J connectivity index is 0.00000200. The fourth-order valence-corrected chi connectivity index (χ4v) is 5.54. The number of hydrogen-bond donors (Lipinski definition) is 2. The lowest BCUT2D eigenvalue weighted by molar-refractivity contribution is -0.126. The molecule has 2 aliphatic rings. The first-order valence-corrected chi connectivity index (χ1v) is 12.9. The summed E-state index contributed by atoms with van der Waals surface area (Å²) >= 11 is 1.66. The molecule has 1 amide bonds. The minimum atomic E-state index is -0.615. The maximum absolute atomic E-state index is 13.4. The molecule has 3 aromatic rings. The van der Waals surface area contributed by atoms with Gasteiger partial charge in [-0.05, 0) is 54.6 Å². The zero-order valence-corrected chi connectivity index (χ0v) is 21.2. The quantitative estimate of drug-likeness (QED) is 0.279. The molecular weight excluding hydrogens is 466 g/mol. The summed E-state index contributed by atoms with van der Waals surface area (Å²) in [4.78, 5) is 19.7. The number of carbonyl (C=O) groups is 1. The summed E-state index contributed by atoms with van der Waals surface area (Å²) in [5.41, 5.74) is 10.5. The van der Waals surface area contributed by atoms with Gasteiger partial charge in [0.2, 0.25) is 5.91 Å². The van der Waals surface area contributed by atoms with Crippen molar-refractivity contribution in [2.75, 3.05) is 7.11 Å². The van der Waals surface area contributed by atoms with Gasteiger partial charge in [0.1, 0.15) is 5.75 Å². The SMILES string of the molecule is C/C=C\C1(C(=O)NNCc2ccccc2)CC1C1=CSc2ccccc2C(c2ccc(OC)cc2)=N1.[HH].[HH]. The zero-order chi connectivity index (χ0) is 25.0. The number of benzene rings is 3. The second-order valence-electron chi connectivity index (χ2n) is 8.94. The molecule has 36 heavy (non-hydrogen) atoms. The lowest BCUT2D eigenvalue weighted by Crippen LogP contribution is -2.42. The summed E-state index contributed by atoms with van der Waals surface area (Å²) < 4.78 is 5.35. The van der Waals surface area contributed by atoms with E-state index in [0.29, 0.717) is 6.54 Å². The van der Waals surface area contributed by atoms with Crippen molar-refractivity contribution in [1.29, 1.82) is 0 Å². The van der Waals surface area contributed by atoms with Crippen molar-refractivity contribution in [2.45, 2.75) is 24.8 Å². The first kappa shape index (κ1) is 24.1. The van der Waals surface area contributed by atoms with Crippen LogP contribution in [-0.4, -0.2) is 18.7 Å². The summed E-state index contributed by atoms with van der Waals surface area (Å²) in [5, 5.41) is 2.11. The molecule has 2 atom stereocenters. The van der Waals surface area contributed by atoms with E-state index < -0.39 is 5.41 Å². The number of fused-ring (bicyclic) bond motifs is 1. The Morgan fingerprint density at radius 1 is 1.11 bits per heavy atom. The lowest BCUT2D eigenvalue weighted by Gasteiger charge is -2.15. The van der Waals surface area contributed by atoms with Crippen LogP contribution in [0.3, 0.4) is 0 Å². The van der Waals surface area contributed by atoms with Gasteiger partial charge in [-0.15, -0.1) is 0 Å². The number of carbonyl (C=O) groups excluding carboxylic acids is 1. The molecule has 0 spiro atoms.